The van der Waals surface area contributed by atoms with E-state index in [1.807, 2.05) is 0 Å². The molecule has 1 aliphatic carbocycles. The Morgan fingerprint density at radius 1 is 1.13 bits per heavy atom. The number of amides is 1. The van der Waals surface area contributed by atoms with Crippen LogP contribution in [0.4, 0.5) is 4.39 Å². The number of nitrogens with one attached hydrogen (secondary N) is 1. The highest BCUT2D eigenvalue weighted by atomic mass is 19.1. The van der Waals surface area contributed by atoms with Crippen molar-refractivity contribution in [1.29, 1.82) is 0 Å². The zero-order valence-corrected chi connectivity index (χ0v) is 16.7. The van der Waals surface area contributed by atoms with Gasteiger partial charge in [-0.15, -0.1) is 0 Å². The average molecular weight is 407 g/mol. The third kappa shape index (κ3) is 3.07. The molecule has 5 nitrogen and oxygen atoms in total. The Morgan fingerprint density at radius 3 is 2.60 bits per heavy atom. The van der Waals surface area contributed by atoms with E-state index in [0.717, 1.165) is 31.2 Å². The fourth-order valence-corrected chi connectivity index (χ4v) is 4.71. The van der Waals surface area contributed by atoms with E-state index in [2.05, 4.69) is 5.32 Å². The van der Waals surface area contributed by atoms with Crippen molar-refractivity contribution < 1.29 is 23.1 Å². The number of hydrogen-bond donors (Lipinski definition) is 1. The molecule has 0 bridgehead atoms. The van der Waals surface area contributed by atoms with E-state index < -0.39 is 0 Å². The Bertz CT molecular complexity index is 1160. The van der Waals surface area contributed by atoms with Crippen molar-refractivity contribution in [3.05, 3.63) is 64.7 Å². The summed E-state index contributed by atoms with van der Waals surface area (Å²) >= 11 is 0. The first kappa shape index (κ1) is 18.9. The van der Waals surface area contributed by atoms with Crippen LogP contribution in [0.15, 0.2) is 40.8 Å². The third-order valence-corrected chi connectivity index (χ3v) is 6.23. The van der Waals surface area contributed by atoms with Gasteiger partial charge in [-0.2, -0.15) is 0 Å². The van der Waals surface area contributed by atoms with Gasteiger partial charge >= 0.3 is 0 Å². The third-order valence-electron chi connectivity index (χ3n) is 6.23. The smallest absolute Gasteiger partial charge is 0.287 e. The highest BCUT2D eigenvalue weighted by Crippen LogP contribution is 2.46. The van der Waals surface area contributed by atoms with Gasteiger partial charge in [-0.3, -0.25) is 9.59 Å². The zero-order chi connectivity index (χ0) is 20.9. The van der Waals surface area contributed by atoms with Crippen LogP contribution >= 0.6 is 0 Å². The molecular formula is C24H22FNO4. The van der Waals surface area contributed by atoms with Crippen LogP contribution in [0.1, 0.15) is 64.1 Å². The number of hydrogen-bond acceptors (Lipinski definition) is 4. The molecule has 3 aromatic rings. The quantitative estimate of drug-likeness (QED) is 0.657. The minimum Gasteiger partial charge on any atom is -0.486 e. The molecule has 1 saturated carbocycles. The molecule has 1 amide bonds. The Morgan fingerprint density at radius 2 is 1.87 bits per heavy atom. The van der Waals surface area contributed by atoms with E-state index in [9.17, 15) is 14.0 Å². The first-order valence-electron chi connectivity index (χ1n) is 10.3. The topological polar surface area (TPSA) is 68.5 Å². The summed E-state index contributed by atoms with van der Waals surface area (Å²) in [4.78, 5) is 25.8. The van der Waals surface area contributed by atoms with Crippen molar-refractivity contribution in [1.82, 2.24) is 5.32 Å². The highest BCUT2D eigenvalue weighted by Gasteiger charge is 2.43. The molecule has 0 saturated heterocycles. The molecule has 2 heterocycles. The van der Waals surface area contributed by atoms with Crippen LogP contribution in [0.5, 0.6) is 5.75 Å². The number of rotatable bonds is 3. The van der Waals surface area contributed by atoms with Crippen LogP contribution in [-0.4, -0.2) is 17.3 Å². The van der Waals surface area contributed by atoms with E-state index in [4.69, 9.17) is 9.15 Å². The summed E-state index contributed by atoms with van der Waals surface area (Å²) < 4.78 is 25.2. The predicted octanol–water partition coefficient (Wildman–Crippen LogP) is 5.09. The molecule has 2 aliphatic rings. The van der Waals surface area contributed by atoms with E-state index in [-0.39, 0.29) is 35.4 Å². The molecule has 0 unspecified atom stereocenters. The van der Waals surface area contributed by atoms with Crippen molar-refractivity contribution in [2.45, 2.75) is 51.2 Å². The molecule has 1 spiro atoms. The summed E-state index contributed by atoms with van der Waals surface area (Å²) in [5, 5.41) is 3.45. The van der Waals surface area contributed by atoms with Gasteiger partial charge in [0.05, 0.1) is 12.0 Å². The summed E-state index contributed by atoms with van der Waals surface area (Å²) in [7, 11) is 0. The number of ketones is 1. The van der Waals surface area contributed by atoms with Crippen molar-refractivity contribution in [3.8, 4) is 5.75 Å². The van der Waals surface area contributed by atoms with Crippen molar-refractivity contribution in [2.75, 3.05) is 0 Å². The lowest BCUT2D eigenvalue weighted by molar-refractivity contribution is 0.0454. The lowest BCUT2D eigenvalue weighted by atomic mass is 9.87. The summed E-state index contributed by atoms with van der Waals surface area (Å²) in [5.41, 5.74) is 2.05. The van der Waals surface area contributed by atoms with Crippen LogP contribution in [0.2, 0.25) is 0 Å². The van der Waals surface area contributed by atoms with E-state index >= 15 is 0 Å². The number of carbonyl (C=O) groups is 2. The molecular weight excluding hydrogens is 385 g/mol. The molecule has 1 aliphatic heterocycles. The van der Waals surface area contributed by atoms with Gasteiger partial charge in [0.25, 0.3) is 5.91 Å². The molecule has 154 valence electrons. The summed E-state index contributed by atoms with van der Waals surface area (Å²) in [6.45, 7) is 2.03. The van der Waals surface area contributed by atoms with Crippen LogP contribution in [0.25, 0.3) is 11.0 Å². The zero-order valence-electron chi connectivity index (χ0n) is 16.7. The van der Waals surface area contributed by atoms with Crippen LogP contribution in [-0.2, 0) is 6.54 Å². The monoisotopic (exact) mass is 407 g/mol. The number of ether oxygens (including phenoxy) is 1. The Labute approximate surface area is 173 Å². The molecule has 1 N–H and O–H groups in total. The number of carbonyl (C=O) groups excluding carboxylic acids is 2. The van der Waals surface area contributed by atoms with Crippen LogP contribution in [0.3, 0.4) is 0 Å². The number of aryl methyl sites for hydroxylation is 1. The lowest BCUT2D eigenvalue weighted by Gasteiger charge is -2.34. The fraction of sp³-hybridized carbons (Fsp3) is 0.333. The van der Waals surface area contributed by atoms with Crippen LogP contribution < -0.4 is 10.1 Å². The van der Waals surface area contributed by atoms with Gasteiger partial charge in [-0.05, 0) is 62.4 Å². The van der Waals surface area contributed by atoms with E-state index in [0.29, 0.717) is 34.3 Å². The number of benzene rings is 2. The SMILES string of the molecule is Cc1c(C(=O)NCc2ccc(F)cc2)oc2ccc3c(c12)C(=O)CC1(CCCC1)O3. The molecule has 30 heavy (non-hydrogen) atoms. The van der Waals surface area contributed by atoms with Gasteiger partial charge in [0.15, 0.2) is 11.5 Å². The second-order valence-electron chi connectivity index (χ2n) is 8.27. The van der Waals surface area contributed by atoms with E-state index in [1.54, 1.807) is 31.2 Å². The maximum absolute atomic E-state index is 13.1. The predicted molar refractivity (Wildman–Crippen MR) is 109 cm³/mol. The first-order valence-corrected chi connectivity index (χ1v) is 10.3. The Kier molecular flexibility index (Phi) is 4.38. The fourth-order valence-electron chi connectivity index (χ4n) is 4.71. The molecule has 2 aromatic carbocycles. The second kappa shape index (κ2) is 6.97. The van der Waals surface area contributed by atoms with Crippen LogP contribution in [0, 0.1) is 12.7 Å². The average Bonchev–Trinajstić information content (AvgIpc) is 3.31. The summed E-state index contributed by atoms with van der Waals surface area (Å²) in [6.07, 6.45) is 4.33. The molecule has 1 aromatic heterocycles. The van der Waals surface area contributed by atoms with Crippen molar-refractivity contribution >= 4 is 22.7 Å². The van der Waals surface area contributed by atoms with Gasteiger partial charge in [-0.25, -0.2) is 4.39 Å². The maximum atomic E-state index is 13.1. The van der Waals surface area contributed by atoms with Gasteiger partial charge in [0, 0.05) is 17.5 Å². The van der Waals surface area contributed by atoms with Gasteiger partial charge in [0.2, 0.25) is 0 Å². The lowest BCUT2D eigenvalue weighted by Crippen LogP contribution is -2.39. The number of furan rings is 1. The highest BCUT2D eigenvalue weighted by molar-refractivity contribution is 6.13. The van der Waals surface area contributed by atoms with Crippen molar-refractivity contribution in [2.24, 2.45) is 0 Å². The number of halogens is 1. The second-order valence-corrected chi connectivity index (χ2v) is 8.27. The van der Waals surface area contributed by atoms with Gasteiger partial charge < -0.3 is 14.5 Å². The minimum absolute atomic E-state index is 0.0471. The molecule has 5 rings (SSSR count). The molecule has 1 fully saturated rings. The Hall–Kier alpha value is -3.15. The van der Waals surface area contributed by atoms with Gasteiger partial charge in [-0.1, -0.05) is 12.1 Å². The largest absolute Gasteiger partial charge is 0.486 e. The Balaban J connectivity index is 1.46. The minimum atomic E-state index is -0.377. The van der Waals surface area contributed by atoms with Crippen molar-refractivity contribution in [3.63, 3.8) is 0 Å². The molecule has 6 heteroatoms. The number of Topliss-reactive ketones (excluding diaryl/α,β-unsaturated/α-hetero) is 1. The molecule has 0 radical (unpaired) electrons. The summed E-state index contributed by atoms with van der Waals surface area (Å²) in [5.74, 6) is 0.107. The normalized spacial score (nSPS) is 17.2. The van der Waals surface area contributed by atoms with E-state index in [1.165, 1.54) is 12.1 Å². The number of fused-ring (bicyclic) bond motifs is 3. The maximum Gasteiger partial charge on any atom is 0.287 e. The molecule has 0 atom stereocenters. The summed E-state index contributed by atoms with van der Waals surface area (Å²) in [6, 6.07) is 9.47. The van der Waals surface area contributed by atoms with Gasteiger partial charge in [0.1, 0.15) is 22.8 Å². The first-order chi connectivity index (χ1) is 14.5. The standard InChI is InChI=1S/C24H22FNO4/c1-14-20-18(29-22(14)23(28)26-13-15-4-6-16(25)7-5-15)8-9-19-21(20)17(27)12-24(30-19)10-2-3-11-24/h4-9H,2-3,10-13H2,1H3,(H,26,28).